The highest BCUT2D eigenvalue weighted by Crippen LogP contribution is 2.31. The molecule has 6 heteroatoms. The molecule has 0 unspecified atom stereocenters. The molecule has 0 amide bonds. The fourth-order valence-corrected chi connectivity index (χ4v) is 3.81. The van der Waals surface area contributed by atoms with Crippen molar-refractivity contribution in [2.24, 2.45) is 0 Å². The monoisotopic (exact) mass is 440 g/mol. The van der Waals surface area contributed by atoms with E-state index in [1.807, 2.05) is 60.7 Å². The van der Waals surface area contributed by atoms with Crippen LogP contribution in [-0.2, 0) is 32.2 Å². The van der Waals surface area contributed by atoms with Gasteiger partial charge in [-0.05, 0) is 11.1 Å². The van der Waals surface area contributed by atoms with Crippen LogP contribution in [0.15, 0.2) is 86.0 Å². The van der Waals surface area contributed by atoms with E-state index in [4.69, 9.17) is 18.9 Å². The SMILES string of the molecule is C=CCO[C@@H]1[C@@H](OCC=C)[C@H](OCc2ccccc2)[C@@H](O)[C@@H](O)[C@H]1OCc1ccccc1. The summed E-state index contributed by atoms with van der Waals surface area (Å²) in [5.74, 6) is 0. The molecular formula is C26H32O6. The van der Waals surface area contributed by atoms with Crippen molar-refractivity contribution in [2.75, 3.05) is 13.2 Å². The van der Waals surface area contributed by atoms with Gasteiger partial charge in [0, 0.05) is 0 Å². The van der Waals surface area contributed by atoms with Gasteiger partial charge in [-0.2, -0.15) is 0 Å². The molecular weight excluding hydrogens is 408 g/mol. The van der Waals surface area contributed by atoms with Crippen LogP contribution >= 0.6 is 0 Å². The van der Waals surface area contributed by atoms with E-state index in [2.05, 4.69) is 13.2 Å². The Morgan fingerprint density at radius 2 is 0.969 bits per heavy atom. The van der Waals surface area contributed by atoms with E-state index in [1.165, 1.54) is 0 Å². The van der Waals surface area contributed by atoms with Crippen molar-refractivity contribution in [1.82, 2.24) is 0 Å². The van der Waals surface area contributed by atoms with Crippen LogP contribution < -0.4 is 0 Å². The third kappa shape index (κ3) is 6.36. The summed E-state index contributed by atoms with van der Waals surface area (Å²) in [4.78, 5) is 0. The second kappa shape index (κ2) is 12.6. The standard InChI is InChI=1S/C26H32O6/c1-3-15-29-25-23(31-17-19-11-7-5-8-12-19)21(27)22(28)24(26(25)30-16-4-2)32-18-20-13-9-6-10-14-20/h3-14,21-28H,1-2,15-18H2/t21-,22+,23-,24-,25+,26+/m1/s1. The second-order valence-electron chi connectivity index (χ2n) is 7.68. The van der Waals surface area contributed by atoms with Crippen molar-refractivity contribution in [3.05, 3.63) is 97.1 Å². The summed E-state index contributed by atoms with van der Waals surface area (Å²) in [6.07, 6.45) is -2.22. The number of ether oxygens (including phenoxy) is 4. The maximum absolute atomic E-state index is 11.0. The molecule has 32 heavy (non-hydrogen) atoms. The first kappa shape index (κ1) is 24.3. The molecule has 0 bridgehead atoms. The lowest BCUT2D eigenvalue weighted by Gasteiger charge is -2.46. The minimum atomic E-state index is -1.22. The molecule has 2 N–H and O–H groups in total. The minimum absolute atomic E-state index is 0.234. The van der Waals surface area contributed by atoms with Gasteiger partial charge >= 0.3 is 0 Å². The van der Waals surface area contributed by atoms with E-state index < -0.39 is 36.6 Å². The third-order valence-corrected chi connectivity index (χ3v) is 5.38. The summed E-state index contributed by atoms with van der Waals surface area (Å²) in [6.45, 7) is 8.41. The zero-order valence-corrected chi connectivity index (χ0v) is 18.2. The van der Waals surface area contributed by atoms with Gasteiger partial charge < -0.3 is 29.2 Å². The van der Waals surface area contributed by atoms with Crippen LogP contribution in [0, 0.1) is 0 Å². The Balaban J connectivity index is 1.81. The number of aliphatic hydroxyl groups is 2. The van der Waals surface area contributed by atoms with E-state index in [0.717, 1.165) is 11.1 Å². The van der Waals surface area contributed by atoms with Crippen molar-refractivity contribution in [3.8, 4) is 0 Å². The highest BCUT2D eigenvalue weighted by Gasteiger charge is 2.52. The van der Waals surface area contributed by atoms with E-state index in [9.17, 15) is 10.2 Å². The van der Waals surface area contributed by atoms with Crippen LogP contribution in [0.1, 0.15) is 11.1 Å². The Morgan fingerprint density at radius 3 is 1.31 bits per heavy atom. The van der Waals surface area contributed by atoms with Gasteiger partial charge in [-0.1, -0.05) is 72.8 Å². The second-order valence-corrected chi connectivity index (χ2v) is 7.68. The van der Waals surface area contributed by atoms with Crippen molar-refractivity contribution < 1.29 is 29.2 Å². The van der Waals surface area contributed by atoms with E-state index >= 15 is 0 Å². The molecule has 0 spiro atoms. The Morgan fingerprint density at radius 1 is 0.594 bits per heavy atom. The summed E-state index contributed by atoms with van der Waals surface area (Å²) >= 11 is 0. The highest BCUT2D eigenvalue weighted by molar-refractivity contribution is 5.15. The van der Waals surface area contributed by atoms with Gasteiger partial charge in [0.25, 0.3) is 0 Å². The zero-order chi connectivity index (χ0) is 22.8. The summed E-state index contributed by atoms with van der Waals surface area (Å²) in [5.41, 5.74) is 1.89. The predicted octanol–water partition coefficient (Wildman–Crippen LogP) is 3.04. The molecule has 2 aromatic rings. The van der Waals surface area contributed by atoms with Gasteiger partial charge in [-0.3, -0.25) is 0 Å². The Bertz CT molecular complexity index is 742. The van der Waals surface area contributed by atoms with Crippen molar-refractivity contribution >= 4 is 0 Å². The van der Waals surface area contributed by atoms with Gasteiger partial charge in [0.05, 0.1) is 26.4 Å². The molecule has 0 aliphatic heterocycles. The van der Waals surface area contributed by atoms with Crippen LogP contribution in [0.2, 0.25) is 0 Å². The Kier molecular flexibility index (Phi) is 9.62. The summed E-state index contributed by atoms with van der Waals surface area (Å²) in [6, 6.07) is 19.2. The molecule has 1 saturated carbocycles. The predicted molar refractivity (Wildman–Crippen MR) is 122 cm³/mol. The molecule has 6 atom stereocenters. The summed E-state index contributed by atoms with van der Waals surface area (Å²) in [7, 11) is 0. The van der Waals surface area contributed by atoms with Gasteiger partial charge in [0.15, 0.2) is 0 Å². The highest BCUT2D eigenvalue weighted by atomic mass is 16.6. The molecule has 1 fully saturated rings. The van der Waals surface area contributed by atoms with Crippen LogP contribution in [0.25, 0.3) is 0 Å². The molecule has 3 rings (SSSR count). The molecule has 0 heterocycles. The molecule has 2 aromatic carbocycles. The van der Waals surface area contributed by atoms with Gasteiger partial charge in [0.1, 0.15) is 36.6 Å². The number of rotatable bonds is 12. The summed E-state index contributed by atoms with van der Waals surface area (Å²) < 4.78 is 24.1. The lowest BCUT2D eigenvalue weighted by molar-refractivity contribution is -0.266. The van der Waals surface area contributed by atoms with Crippen LogP contribution in [0.3, 0.4) is 0 Å². The molecule has 0 radical (unpaired) electrons. The fourth-order valence-electron chi connectivity index (χ4n) is 3.81. The normalized spacial score (nSPS) is 27.7. The van der Waals surface area contributed by atoms with Gasteiger partial charge in [-0.15, -0.1) is 13.2 Å². The molecule has 0 aromatic heterocycles. The van der Waals surface area contributed by atoms with Crippen LogP contribution in [-0.4, -0.2) is 60.1 Å². The first-order valence-corrected chi connectivity index (χ1v) is 10.8. The third-order valence-electron chi connectivity index (χ3n) is 5.38. The first-order valence-electron chi connectivity index (χ1n) is 10.8. The average Bonchev–Trinajstić information content (AvgIpc) is 2.83. The van der Waals surface area contributed by atoms with Gasteiger partial charge in [-0.25, -0.2) is 0 Å². The molecule has 1 aliphatic carbocycles. The molecule has 6 nitrogen and oxygen atoms in total. The number of hydrogen-bond donors (Lipinski definition) is 2. The number of aliphatic hydroxyl groups excluding tert-OH is 2. The Hall–Kier alpha value is -2.32. The van der Waals surface area contributed by atoms with Crippen LogP contribution in [0.5, 0.6) is 0 Å². The smallest absolute Gasteiger partial charge is 0.115 e. The lowest BCUT2D eigenvalue weighted by Crippen LogP contribution is -2.66. The number of benzene rings is 2. The van der Waals surface area contributed by atoms with E-state index in [-0.39, 0.29) is 26.4 Å². The van der Waals surface area contributed by atoms with Crippen LogP contribution in [0.4, 0.5) is 0 Å². The van der Waals surface area contributed by atoms with Gasteiger partial charge in [0.2, 0.25) is 0 Å². The lowest BCUT2D eigenvalue weighted by atomic mass is 9.84. The van der Waals surface area contributed by atoms with Crippen molar-refractivity contribution in [3.63, 3.8) is 0 Å². The zero-order valence-electron chi connectivity index (χ0n) is 18.2. The van der Waals surface area contributed by atoms with E-state index in [1.54, 1.807) is 12.2 Å². The summed E-state index contributed by atoms with van der Waals surface area (Å²) in [5, 5.41) is 21.9. The maximum atomic E-state index is 11.0. The van der Waals surface area contributed by atoms with Crippen molar-refractivity contribution in [2.45, 2.75) is 49.8 Å². The molecule has 1 aliphatic rings. The van der Waals surface area contributed by atoms with E-state index in [0.29, 0.717) is 0 Å². The molecule has 0 saturated heterocycles. The molecule has 172 valence electrons. The average molecular weight is 441 g/mol. The largest absolute Gasteiger partial charge is 0.387 e. The topological polar surface area (TPSA) is 77.4 Å². The maximum Gasteiger partial charge on any atom is 0.115 e. The minimum Gasteiger partial charge on any atom is -0.387 e. The Labute approximate surface area is 189 Å². The quantitative estimate of drug-likeness (QED) is 0.494. The fraction of sp³-hybridized carbons (Fsp3) is 0.385. The first-order chi connectivity index (χ1) is 15.7. The van der Waals surface area contributed by atoms with Crippen molar-refractivity contribution in [1.29, 1.82) is 0 Å². The number of hydrogen-bond acceptors (Lipinski definition) is 6.